The largest absolute Gasteiger partial charge is 0.462 e. The summed E-state index contributed by atoms with van der Waals surface area (Å²) in [5.41, 5.74) is 6.66. The minimum Gasteiger partial charge on any atom is -0.462 e. The fraction of sp³-hybridized carbons (Fsp3) is 0.600. The molecule has 6 heteroatoms. The van der Waals surface area contributed by atoms with Crippen molar-refractivity contribution in [3.05, 3.63) is 16.0 Å². The van der Waals surface area contributed by atoms with Gasteiger partial charge < -0.3 is 15.2 Å². The number of hydrogen-bond acceptors (Lipinski definition) is 6. The van der Waals surface area contributed by atoms with E-state index in [0.717, 1.165) is 11.3 Å². The number of carbonyl (C=O) groups excluding carboxylic acids is 2. The molecule has 0 amide bonds. The fourth-order valence-electron chi connectivity index (χ4n) is 1.61. The van der Waals surface area contributed by atoms with Gasteiger partial charge in [0.05, 0.1) is 18.8 Å². The molecule has 21 heavy (non-hydrogen) atoms. The first-order valence-electron chi connectivity index (χ1n) is 6.97. The molecule has 2 N–H and O–H groups in total. The van der Waals surface area contributed by atoms with Crippen molar-refractivity contribution in [2.24, 2.45) is 11.8 Å². The maximum Gasteiger partial charge on any atom is 0.348 e. The number of ether oxygens (including phenoxy) is 2. The number of anilines is 1. The van der Waals surface area contributed by atoms with Crippen LogP contribution in [0.15, 0.2) is 0 Å². The van der Waals surface area contributed by atoms with E-state index in [1.807, 2.05) is 27.7 Å². The van der Waals surface area contributed by atoms with Gasteiger partial charge in [0.15, 0.2) is 0 Å². The molecule has 0 fully saturated rings. The molecule has 0 unspecified atom stereocenters. The summed E-state index contributed by atoms with van der Waals surface area (Å²) in [4.78, 5) is 24.4. The van der Waals surface area contributed by atoms with Crippen LogP contribution < -0.4 is 5.73 Å². The summed E-state index contributed by atoms with van der Waals surface area (Å²) in [5.74, 6) is -0.440. The molecule has 1 aromatic heterocycles. The van der Waals surface area contributed by atoms with Crippen molar-refractivity contribution in [1.82, 2.24) is 0 Å². The molecule has 0 spiro atoms. The molecule has 1 heterocycles. The molecule has 0 saturated heterocycles. The van der Waals surface area contributed by atoms with Crippen LogP contribution in [0.3, 0.4) is 0 Å². The molecule has 0 atom stereocenters. The smallest absolute Gasteiger partial charge is 0.348 e. The highest BCUT2D eigenvalue weighted by atomic mass is 32.1. The summed E-state index contributed by atoms with van der Waals surface area (Å²) >= 11 is 1.07. The van der Waals surface area contributed by atoms with Crippen LogP contribution in [0.4, 0.5) is 5.00 Å². The molecule has 0 bridgehead atoms. The van der Waals surface area contributed by atoms with Crippen molar-refractivity contribution in [3.8, 4) is 0 Å². The summed E-state index contributed by atoms with van der Waals surface area (Å²) < 4.78 is 10.4. The van der Waals surface area contributed by atoms with Gasteiger partial charge in [-0.2, -0.15) is 0 Å². The quantitative estimate of drug-likeness (QED) is 0.815. The predicted octanol–water partition coefficient (Wildman–Crippen LogP) is 3.26. The molecular weight excluding hydrogens is 290 g/mol. The maximum absolute atomic E-state index is 12.0. The monoisotopic (exact) mass is 313 g/mol. The Morgan fingerprint density at radius 1 is 1.05 bits per heavy atom. The lowest BCUT2D eigenvalue weighted by molar-refractivity contribution is 0.0460. The van der Waals surface area contributed by atoms with Crippen molar-refractivity contribution in [2.45, 2.75) is 34.6 Å². The van der Waals surface area contributed by atoms with Crippen LogP contribution in [0.2, 0.25) is 0 Å². The van der Waals surface area contributed by atoms with Crippen LogP contribution in [0.5, 0.6) is 0 Å². The van der Waals surface area contributed by atoms with Crippen molar-refractivity contribution in [2.75, 3.05) is 18.9 Å². The number of hydrogen-bond donors (Lipinski definition) is 1. The Balaban J connectivity index is 2.89. The van der Waals surface area contributed by atoms with E-state index in [2.05, 4.69) is 0 Å². The number of rotatable bonds is 6. The minimum absolute atomic E-state index is 0.240. The first-order chi connectivity index (χ1) is 9.73. The van der Waals surface area contributed by atoms with E-state index in [0.29, 0.717) is 23.7 Å². The van der Waals surface area contributed by atoms with Crippen LogP contribution in [-0.2, 0) is 9.47 Å². The third-order valence-corrected chi connectivity index (χ3v) is 3.76. The summed E-state index contributed by atoms with van der Waals surface area (Å²) in [6.07, 6.45) is 0. The molecule has 1 rings (SSSR count). The average Bonchev–Trinajstić information content (AvgIpc) is 2.68. The zero-order valence-corrected chi connectivity index (χ0v) is 14.0. The number of nitrogen functional groups attached to an aromatic ring is 1. The van der Waals surface area contributed by atoms with E-state index in [9.17, 15) is 9.59 Å². The van der Waals surface area contributed by atoms with E-state index in [1.54, 1.807) is 6.92 Å². The molecule has 0 aliphatic rings. The number of carbonyl (C=O) groups is 2. The highest BCUT2D eigenvalue weighted by Gasteiger charge is 2.25. The van der Waals surface area contributed by atoms with Crippen LogP contribution in [0, 0.1) is 18.8 Å². The van der Waals surface area contributed by atoms with Crippen molar-refractivity contribution in [3.63, 3.8) is 0 Å². The Kier molecular flexibility index (Phi) is 6.20. The second-order valence-electron chi connectivity index (χ2n) is 5.78. The number of thiophene rings is 1. The highest BCUT2D eigenvalue weighted by Crippen LogP contribution is 2.31. The van der Waals surface area contributed by atoms with Crippen molar-refractivity contribution >= 4 is 28.3 Å². The first kappa shape index (κ1) is 17.5. The SMILES string of the molecule is Cc1c(C(=O)OCC(C)C)sc(N)c1C(=O)OCC(C)C. The first-order valence-corrected chi connectivity index (χ1v) is 7.78. The number of nitrogens with two attached hydrogens (primary N) is 1. The third-order valence-electron chi connectivity index (χ3n) is 2.66. The lowest BCUT2D eigenvalue weighted by Gasteiger charge is -2.08. The molecule has 118 valence electrons. The van der Waals surface area contributed by atoms with Crippen LogP contribution >= 0.6 is 11.3 Å². The van der Waals surface area contributed by atoms with Crippen molar-refractivity contribution in [1.29, 1.82) is 0 Å². The lowest BCUT2D eigenvalue weighted by Crippen LogP contribution is -2.13. The van der Waals surface area contributed by atoms with E-state index < -0.39 is 11.9 Å². The highest BCUT2D eigenvalue weighted by molar-refractivity contribution is 7.18. The predicted molar refractivity (Wildman–Crippen MR) is 83.7 cm³/mol. The molecule has 0 aromatic carbocycles. The Hall–Kier alpha value is -1.56. The topological polar surface area (TPSA) is 78.6 Å². The second kappa shape index (κ2) is 7.45. The van der Waals surface area contributed by atoms with Crippen LogP contribution in [0.25, 0.3) is 0 Å². The van der Waals surface area contributed by atoms with Gasteiger partial charge in [-0.05, 0) is 24.3 Å². The zero-order valence-electron chi connectivity index (χ0n) is 13.2. The molecule has 1 aromatic rings. The second-order valence-corrected chi connectivity index (χ2v) is 6.83. The third kappa shape index (κ3) is 4.74. The van der Waals surface area contributed by atoms with Gasteiger partial charge in [-0.3, -0.25) is 0 Å². The van der Waals surface area contributed by atoms with Gasteiger partial charge in [0, 0.05) is 0 Å². The molecule has 0 saturated carbocycles. The van der Waals surface area contributed by atoms with Crippen molar-refractivity contribution < 1.29 is 19.1 Å². The molecule has 0 aliphatic heterocycles. The summed E-state index contributed by atoms with van der Waals surface area (Å²) in [7, 11) is 0. The van der Waals surface area contributed by atoms with Gasteiger partial charge in [0.2, 0.25) is 0 Å². The minimum atomic E-state index is -0.488. The van der Waals surface area contributed by atoms with E-state index in [1.165, 1.54) is 0 Å². The number of esters is 2. The fourth-order valence-corrected chi connectivity index (χ4v) is 2.56. The Bertz CT molecular complexity index is 520. The maximum atomic E-state index is 12.0. The van der Waals surface area contributed by atoms with Gasteiger partial charge in [-0.25, -0.2) is 9.59 Å². The summed E-state index contributed by atoms with van der Waals surface area (Å²) in [6.45, 7) is 10.2. The van der Waals surface area contributed by atoms with Gasteiger partial charge in [-0.1, -0.05) is 27.7 Å². The summed E-state index contributed by atoms with van der Waals surface area (Å²) in [5, 5.41) is 0.290. The van der Waals surface area contributed by atoms with Gasteiger partial charge >= 0.3 is 11.9 Å². The zero-order chi connectivity index (χ0) is 16.2. The van der Waals surface area contributed by atoms with Crippen LogP contribution in [0.1, 0.15) is 53.3 Å². The average molecular weight is 313 g/mol. The Morgan fingerprint density at radius 3 is 2.00 bits per heavy atom. The van der Waals surface area contributed by atoms with Crippen LogP contribution in [-0.4, -0.2) is 25.2 Å². The van der Waals surface area contributed by atoms with Gasteiger partial charge in [0.25, 0.3) is 0 Å². The Labute approximate surface area is 129 Å². The normalized spacial score (nSPS) is 11.0. The molecule has 5 nitrogen and oxygen atoms in total. The van der Waals surface area contributed by atoms with E-state index >= 15 is 0 Å². The summed E-state index contributed by atoms with van der Waals surface area (Å²) in [6, 6.07) is 0. The Morgan fingerprint density at radius 2 is 1.52 bits per heavy atom. The molecule has 0 aliphatic carbocycles. The van der Waals surface area contributed by atoms with Gasteiger partial charge in [0.1, 0.15) is 9.88 Å². The van der Waals surface area contributed by atoms with Gasteiger partial charge in [-0.15, -0.1) is 11.3 Å². The molecule has 0 radical (unpaired) electrons. The standard InChI is InChI=1S/C15H23NO4S/c1-8(2)6-19-14(17)11-10(5)12(21-13(11)16)15(18)20-7-9(3)4/h8-9H,6-7,16H2,1-5H3. The lowest BCUT2D eigenvalue weighted by atomic mass is 10.1. The molecular formula is C15H23NO4S. The van der Waals surface area contributed by atoms with E-state index in [4.69, 9.17) is 15.2 Å². The van der Waals surface area contributed by atoms with E-state index in [-0.39, 0.29) is 22.4 Å².